The molecule has 9 rings (SSSR count). The van der Waals surface area contributed by atoms with E-state index < -0.39 is 0 Å². The Morgan fingerprint density at radius 2 is 0.939 bits per heavy atom. The molecule has 0 aliphatic heterocycles. The molecule has 6 aromatic carbocycles. The van der Waals surface area contributed by atoms with Gasteiger partial charge in [0.1, 0.15) is 0 Å². The first kappa shape index (κ1) is 29.0. The molecule has 0 aliphatic rings. The van der Waals surface area contributed by atoms with Crippen molar-refractivity contribution in [3.05, 3.63) is 176 Å². The lowest BCUT2D eigenvalue weighted by molar-refractivity contribution is 1.18. The van der Waals surface area contributed by atoms with Crippen molar-refractivity contribution in [3.63, 3.8) is 0 Å². The van der Waals surface area contributed by atoms with E-state index in [1.807, 2.05) is 54.1 Å². The molecule has 0 saturated heterocycles. The quantitative estimate of drug-likeness (QED) is 0.181. The molecule has 0 saturated carbocycles. The minimum absolute atomic E-state index is 0.699. The Hall–Kier alpha value is -6.23. The van der Waals surface area contributed by atoms with Crippen LogP contribution in [-0.2, 0) is 0 Å². The molecule has 0 fully saturated rings. The number of benzene rings is 6. The summed E-state index contributed by atoms with van der Waals surface area (Å²) in [7, 11) is 0. The highest BCUT2D eigenvalue weighted by atomic mass is 32.1. The van der Waals surface area contributed by atoms with Crippen molar-refractivity contribution in [2.75, 3.05) is 0 Å². The lowest BCUT2D eigenvalue weighted by Crippen LogP contribution is -1.96. The average Bonchev–Trinajstić information content (AvgIpc) is 3.58. The van der Waals surface area contributed by atoms with Crippen LogP contribution in [0.5, 0.6) is 0 Å². The van der Waals surface area contributed by atoms with Gasteiger partial charge in [0, 0.05) is 49.3 Å². The van der Waals surface area contributed by atoms with Crippen LogP contribution in [0.15, 0.2) is 176 Å². The fraction of sp³-hybridized carbons (Fsp3) is 0. The monoisotopic (exact) mass is 643 g/mol. The molecule has 4 heteroatoms. The van der Waals surface area contributed by atoms with E-state index in [0.29, 0.717) is 5.82 Å². The maximum Gasteiger partial charge on any atom is 0.160 e. The first-order valence-corrected chi connectivity index (χ1v) is 17.2. The first-order chi connectivity index (χ1) is 24.3. The van der Waals surface area contributed by atoms with Gasteiger partial charge in [-0.2, -0.15) is 0 Å². The molecule has 0 aliphatic carbocycles. The van der Waals surface area contributed by atoms with E-state index >= 15 is 0 Å². The van der Waals surface area contributed by atoms with Crippen LogP contribution in [0.3, 0.4) is 0 Å². The van der Waals surface area contributed by atoms with E-state index in [0.717, 1.165) is 50.3 Å². The summed E-state index contributed by atoms with van der Waals surface area (Å²) in [4.78, 5) is 14.5. The summed E-state index contributed by atoms with van der Waals surface area (Å²) in [6.45, 7) is 0. The van der Waals surface area contributed by atoms with Crippen LogP contribution >= 0.6 is 11.3 Å². The molecule has 9 aromatic rings. The fourth-order valence-corrected chi connectivity index (χ4v) is 7.78. The maximum absolute atomic E-state index is 5.22. The molecule has 230 valence electrons. The molecule has 3 aromatic heterocycles. The van der Waals surface area contributed by atoms with Crippen molar-refractivity contribution >= 4 is 31.5 Å². The van der Waals surface area contributed by atoms with Gasteiger partial charge >= 0.3 is 0 Å². The van der Waals surface area contributed by atoms with Gasteiger partial charge in [0.2, 0.25) is 0 Å². The van der Waals surface area contributed by atoms with Crippen molar-refractivity contribution < 1.29 is 0 Å². The Labute approximate surface area is 288 Å². The highest BCUT2D eigenvalue weighted by Gasteiger charge is 2.16. The molecule has 3 heterocycles. The second-order valence-electron chi connectivity index (χ2n) is 12.1. The molecule has 0 atom stereocenters. The van der Waals surface area contributed by atoms with Crippen LogP contribution in [0.4, 0.5) is 0 Å². The summed E-state index contributed by atoms with van der Waals surface area (Å²) >= 11 is 1.86. The topological polar surface area (TPSA) is 38.7 Å². The zero-order valence-corrected chi connectivity index (χ0v) is 27.3. The molecule has 0 bridgehead atoms. The molecule has 3 nitrogen and oxygen atoms in total. The summed E-state index contributed by atoms with van der Waals surface area (Å²) in [6.07, 6.45) is 3.65. The van der Waals surface area contributed by atoms with Crippen LogP contribution in [0.1, 0.15) is 0 Å². The van der Waals surface area contributed by atoms with Gasteiger partial charge in [0.15, 0.2) is 5.82 Å². The van der Waals surface area contributed by atoms with E-state index in [1.54, 1.807) is 0 Å². The Bertz CT molecular complexity index is 2580. The summed E-state index contributed by atoms with van der Waals surface area (Å²) in [5, 5.41) is 2.59. The normalized spacial score (nSPS) is 11.3. The Balaban J connectivity index is 1.24. The number of hydrogen-bond acceptors (Lipinski definition) is 4. The first-order valence-electron chi connectivity index (χ1n) is 16.3. The van der Waals surface area contributed by atoms with Gasteiger partial charge in [-0.15, -0.1) is 11.3 Å². The summed E-state index contributed by atoms with van der Waals surface area (Å²) in [5.74, 6) is 0.699. The second-order valence-corrected chi connectivity index (χ2v) is 13.1. The van der Waals surface area contributed by atoms with E-state index in [4.69, 9.17) is 9.97 Å². The third-order valence-electron chi connectivity index (χ3n) is 9.00. The lowest BCUT2D eigenvalue weighted by Gasteiger charge is -2.14. The van der Waals surface area contributed by atoms with Gasteiger partial charge in [-0.1, -0.05) is 121 Å². The van der Waals surface area contributed by atoms with Gasteiger partial charge in [-0.25, -0.2) is 9.97 Å². The predicted octanol–water partition coefficient (Wildman–Crippen LogP) is 12.2. The molecule has 0 radical (unpaired) electrons. The van der Waals surface area contributed by atoms with Gasteiger partial charge < -0.3 is 0 Å². The van der Waals surface area contributed by atoms with Crippen molar-refractivity contribution in [2.45, 2.75) is 0 Å². The highest BCUT2D eigenvalue weighted by Crippen LogP contribution is 2.42. The zero-order chi connectivity index (χ0) is 32.6. The molecular weight excluding hydrogens is 615 g/mol. The van der Waals surface area contributed by atoms with Crippen molar-refractivity contribution in [1.82, 2.24) is 15.0 Å². The van der Waals surface area contributed by atoms with Crippen LogP contribution in [0.25, 0.3) is 87.5 Å². The second kappa shape index (κ2) is 12.4. The van der Waals surface area contributed by atoms with Crippen LogP contribution in [0, 0.1) is 0 Å². The van der Waals surface area contributed by atoms with Crippen molar-refractivity contribution in [3.8, 4) is 67.3 Å². The molecule has 0 unspecified atom stereocenters. The molecule has 0 N–H and O–H groups in total. The number of hydrogen-bond donors (Lipinski definition) is 0. The van der Waals surface area contributed by atoms with Crippen molar-refractivity contribution in [1.29, 1.82) is 0 Å². The zero-order valence-electron chi connectivity index (χ0n) is 26.5. The number of nitrogens with zero attached hydrogens (tertiary/aromatic N) is 3. The number of fused-ring (bicyclic) bond motifs is 3. The molecule has 0 spiro atoms. The van der Waals surface area contributed by atoms with E-state index in [9.17, 15) is 0 Å². The average molecular weight is 644 g/mol. The van der Waals surface area contributed by atoms with Gasteiger partial charge in [0.25, 0.3) is 0 Å². The van der Waals surface area contributed by atoms with E-state index in [-0.39, 0.29) is 0 Å². The highest BCUT2D eigenvalue weighted by molar-refractivity contribution is 7.26. The Morgan fingerprint density at radius 3 is 1.71 bits per heavy atom. The predicted molar refractivity (Wildman–Crippen MR) is 205 cm³/mol. The largest absolute Gasteiger partial charge is 0.265 e. The maximum atomic E-state index is 5.22. The minimum atomic E-state index is 0.699. The minimum Gasteiger partial charge on any atom is -0.265 e. The SMILES string of the molecule is c1ccc(-c2cc(-c3cc(-c4ccc(-c5ccncc5)cc4)nc(-c4ccccc4)n3)cc(-c3cccc4c3sc3ccccc34)c2)cc1. The third kappa shape index (κ3) is 5.58. The fourth-order valence-electron chi connectivity index (χ4n) is 6.54. The summed E-state index contributed by atoms with van der Waals surface area (Å²) in [5.41, 5.74) is 11.8. The summed E-state index contributed by atoms with van der Waals surface area (Å²) in [6, 6.07) is 57.8. The van der Waals surface area contributed by atoms with E-state index in [1.165, 1.54) is 31.3 Å². The molecular formula is C45H29N3S. The third-order valence-corrected chi connectivity index (χ3v) is 10.2. The van der Waals surface area contributed by atoms with E-state index in [2.05, 4.69) is 138 Å². The number of aromatic nitrogens is 3. The van der Waals surface area contributed by atoms with Crippen LogP contribution in [0.2, 0.25) is 0 Å². The standard InChI is InChI=1S/C45H29N3S/c1-3-10-30(11-4-1)35-26-36(38-15-9-16-40-39-14-7-8-17-43(39)49-44(38)40)28-37(27-35)42-29-41(47-45(48-42)34-12-5-2-6-13-34)33-20-18-31(19-21-33)32-22-24-46-25-23-32/h1-29H. The number of pyridine rings is 1. The van der Waals surface area contributed by atoms with Gasteiger partial charge in [-0.3, -0.25) is 4.98 Å². The summed E-state index contributed by atoms with van der Waals surface area (Å²) < 4.78 is 2.59. The van der Waals surface area contributed by atoms with Crippen molar-refractivity contribution in [2.24, 2.45) is 0 Å². The Morgan fingerprint density at radius 1 is 0.367 bits per heavy atom. The molecule has 49 heavy (non-hydrogen) atoms. The van der Waals surface area contributed by atoms with Gasteiger partial charge in [-0.05, 0) is 75.8 Å². The Kier molecular flexibility index (Phi) is 7.34. The smallest absolute Gasteiger partial charge is 0.160 e. The molecule has 0 amide bonds. The van der Waals surface area contributed by atoms with Crippen LogP contribution in [-0.4, -0.2) is 15.0 Å². The lowest BCUT2D eigenvalue weighted by atomic mass is 9.94. The number of thiophene rings is 1. The van der Waals surface area contributed by atoms with Gasteiger partial charge in [0.05, 0.1) is 11.4 Å². The van der Waals surface area contributed by atoms with Crippen LogP contribution < -0.4 is 0 Å². The number of rotatable bonds is 6.